The van der Waals surface area contributed by atoms with Gasteiger partial charge in [-0.1, -0.05) is 0 Å². The molecule has 118 valence electrons. The number of rotatable bonds is 3. The lowest BCUT2D eigenvalue weighted by molar-refractivity contribution is -0.141. The van der Waals surface area contributed by atoms with Crippen LogP contribution in [0.4, 0.5) is 8.78 Å². The topological polar surface area (TPSA) is 44.8 Å². The lowest BCUT2D eigenvalue weighted by Crippen LogP contribution is -2.53. The van der Waals surface area contributed by atoms with E-state index in [2.05, 4.69) is 5.32 Å². The predicted octanol–water partition coefficient (Wildman–Crippen LogP) is 0.194. The number of likely N-dealkylation sites (N-methyl/N-ethyl adjacent to an activating group) is 1. The van der Waals surface area contributed by atoms with Crippen LogP contribution in [0.2, 0.25) is 0 Å². The summed E-state index contributed by atoms with van der Waals surface area (Å²) in [4.78, 5) is 15.8. The van der Waals surface area contributed by atoms with Crippen molar-refractivity contribution in [3.63, 3.8) is 0 Å². The molecule has 0 spiro atoms. The summed E-state index contributed by atoms with van der Waals surface area (Å²) in [5.74, 6) is -3.00. The number of carbonyl (C=O) groups excluding carboxylic acids is 1. The zero-order chi connectivity index (χ0) is 14.0. The SMILES string of the molecule is CN(C)CC1CN(C(=O)C2CC(F)(F)CN2)CCO1.Cl. The number of nitrogens with zero attached hydrogens (tertiary/aromatic N) is 2. The second-order valence-electron chi connectivity index (χ2n) is 5.53. The Morgan fingerprint density at radius 3 is 2.75 bits per heavy atom. The number of nitrogens with one attached hydrogen (secondary N) is 1. The fraction of sp³-hybridized carbons (Fsp3) is 0.917. The van der Waals surface area contributed by atoms with Crippen molar-refractivity contribution in [2.75, 3.05) is 46.9 Å². The van der Waals surface area contributed by atoms with Crippen molar-refractivity contribution in [1.29, 1.82) is 0 Å². The lowest BCUT2D eigenvalue weighted by Gasteiger charge is -2.35. The molecule has 8 heteroatoms. The molecule has 2 unspecified atom stereocenters. The van der Waals surface area contributed by atoms with Crippen LogP contribution >= 0.6 is 12.4 Å². The highest BCUT2D eigenvalue weighted by Gasteiger charge is 2.44. The van der Waals surface area contributed by atoms with Crippen LogP contribution in [-0.2, 0) is 9.53 Å². The average Bonchev–Trinajstić information content (AvgIpc) is 2.68. The molecule has 2 aliphatic heterocycles. The number of alkyl halides is 2. The van der Waals surface area contributed by atoms with Gasteiger partial charge in [-0.25, -0.2) is 8.78 Å². The highest BCUT2D eigenvalue weighted by Crippen LogP contribution is 2.26. The van der Waals surface area contributed by atoms with Crippen molar-refractivity contribution in [3.05, 3.63) is 0 Å². The maximum atomic E-state index is 13.1. The second kappa shape index (κ2) is 6.98. The second-order valence-corrected chi connectivity index (χ2v) is 5.53. The zero-order valence-electron chi connectivity index (χ0n) is 11.8. The van der Waals surface area contributed by atoms with E-state index in [0.717, 1.165) is 6.54 Å². The van der Waals surface area contributed by atoms with E-state index in [4.69, 9.17) is 4.74 Å². The van der Waals surface area contributed by atoms with Gasteiger partial charge in [0.25, 0.3) is 5.92 Å². The van der Waals surface area contributed by atoms with E-state index in [0.29, 0.717) is 19.7 Å². The Kier molecular flexibility index (Phi) is 6.12. The van der Waals surface area contributed by atoms with Crippen molar-refractivity contribution in [2.24, 2.45) is 0 Å². The highest BCUT2D eigenvalue weighted by molar-refractivity contribution is 5.85. The first-order chi connectivity index (χ1) is 8.87. The third-order valence-electron chi connectivity index (χ3n) is 3.43. The largest absolute Gasteiger partial charge is 0.373 e. The van der Waals surface area contributed by atoms with Crippen LogP contribution in [0.25, 0.3) is 0 Å². The summed E-state index contributed by atoms with van der Waals surface area (Å²) in [5, 5.41) is 2.61. The Bertz CT molecular complexity index is 345. The first-order valence-corrected chi connectivity index (χ1v) is 6.54. The molecular formula is C12H22ClF2N3O2. The third-order valence-corrected chi connectivity index (χ3v) is 3.43. The third kappa shape index (κ3) is 4.51. The van der Waals surface area contributed by atoms with Crippen LogP contribution in [0, 0.1) is 0 Å². The standard InChI is InChI=1S/C12H21F2N3O2.ClH/c1-16(2)6-9-7-17(3-4-19-9)11(18)10-5-12(13,14)8-15-10;/h9-10,15H,3-8H2,1-2H3;1H. The van der Waals surface area contributed by atoms with E-state index in [-0.39, 0.29) is 24.4 Å². The maximum Gasteiger partial charge on any atom is 0.262 e. The van der Waals surface area contributed by atoms with Crippen molar-refractivity contribution >= 4 is 18.3 Å². The molecule has 0 aromatic carbocycles. The minimum absolute atomic E-state index is 0. The summed E-state index contributed by atoms with van der Waals surface area (Å²) >= 11 is 0. The Labute approximate surface area is 124 Å². The van der Waals surface area contributed by atoms with Crippen LogP contribution in [0.5, 0.6) is 0 Å². The molecule has 0 aromatic heterocycles. The zero-order valence-corrected chi connectivity index (χ0v) is 12.6. The lowest BCUT2D eigenvalue weighted by atomic mass is 10.1. The molecular weight excluding hydrogens is 292 g/mol. The number of hydrogen-bond donors (Lipinski definition) is 1. The Balaban J connectivity index is 0.00000200. The Morgan fingerprint density at radius 2 is 2.20 bits per heavy atom. The highest BCUT2D eigenvalue weighted by atomic mass is 35.5. The summed E-state index contributed by atoms with van der Waals surface area (Å²) in [6, 6.07) is -0.756. The van der Waals surface area contributed by atoms with Gasteiger partial charge in [-0.3, -0.25) is 10.1 Å². The average molecular weight is 314 g/mol. The summed E-state index contributed by atoms with van der Waals surface area (Å²) in [6.07, 6.45) is -0.448. The van der Waals surface area contributed by atoms with E-state index in [1.54, 1.807) is 4.90 Å². The smallest absolute Gasteiger partial charge is 0.262 e. The van der Waals surface area contributed by atoms with E-state index in [1.165, 1.54) is 0 Å². The molecule has 1 N–H and O–H groups in total. The van der Waals surface area contributed by atoms with Crippen molar-refractivity contribution in [3.8, 4) is 0 Å². The number of carbonyl (C=O) groups is 1. The molecule has 0 bridgehead atoms. The molecule has 1 amide bonds. The summed E-state index contributed by atoms with van der Waals surface area (Å²) < 4.78 is 31.8. The van der Waals surface area contributed by atoms with Gasteiger partial charge in [0.2, 0.25) is 5.91 Å². The van der Waals surface area contributed by atoms with Crippen LogP contribution in [0.15, 0.2) is 0 Å². The summed E-state index contributed by atoms with van der Waals surface area (Å²) in [7, 11) is 3.87. The first kappa shape index (κ1) is 17.6. The Hall–Kier alpha value is -0.500. The van der Waals surface area contributed by atoms with Crippen molar-refractivity contribution in [1.82, 2.24) is 15.1 Å². The first-order valence-electron chi connectivity index (χ1n) is 6.54. The number of hydrogen-bond acceptors (Lipinski definition) is 4. The van der Waals surface area contributed by atoms with Gasteiger partial charge < -0.3 is 14.5 Å². The van der Waals surface area contributed by atoms with Gasteiger partial charge >= 0.3 is 0 Å². The van der Waals surface area contributed by atoms with E-state index in [9.17, 15) is 13.6 Å². The van der Waals surface area contributed by atoms with Gasteiger partial charge in [-0.15, -0.1) is 12.4 Å². The maximum absolute atomic E-state index is 13.1. The summed E-state index contributed by atoms with van der Waals surface area (Å²) in [5.41, 5.74) is 0. The van der Waals surface area contributed by atoms with Gasteiger partial charge in [0.05, 0.1) is 25.3 Å². The molecule has 0 aliphatic carbocycles. The molecule has 2 fully saturated rings. The van der Waals surface area contributed by atoms with Crippen molar-refractivity contribution < 1.29 is 18.3 Å². The predicted molar refractivity (Wildman–Crippen MR) is 73.5 cm³/mol. The number of ether oxygens (including phenoxy) is 1. The Morgan fingerprint density at radius 1 is 1.50 bits per heavy atom. The van der Waals surface area contributed by atoms with E-state index >= 15 is 0 Å². The fourth-order valence-corrected chi connectivity index (χ4v) is 2.55. The van der Waals surface area contributed by atoms with Crippen LogP contribution in [0.3, 0.4) is 0 Å². The van der Waals surface area contributed by atoms with E-state index in [1.807, 2.05) is 19.0 Å². The number of amides is 1. The molecule has 0 aromatic rings. The van der Waals surface area contributed by atoms with Crippen LogP contribution < -0.4 is 5.32 Å². The quantitative estimate of drug-likeness (QED) is 0.808. The number of halogens is 3. The molecule has 2 aliphatic rings. The molecule has 0 saturated carbocycles. The normalized spacial score (nSPS) is 29.4. The van der Waals surface area contributed by atoms with Gasteiger partial charge in [0.1, 0.15) is 0 Å². The minimum Gasteiger partial charge on any atom is -0.373 e. The molecule has 20 heavy (non-hydrogen) atoms. The fourth-order valence-electron chi connectivity index (χ4n) is 2.55. The number of morpholine rings is 1. The van der Waals surface area contributed by atoms with Crippen LogP contribution in [-0.4, -0.2) is 80.7 Å². The van der Waals surface area contributed by atoms with Gasteiger partial charge in [0.15, 0.2) is 0 Å². The van der Waals surface area contributed by atoms with Gasteiger partial charge in [-0.2, -0.15) is 0 Å². The molecule has 0 radical (unpaired) electrons. The molecule has 2 atom stereocenters. The molecule has 5 nitrogen and oxygen atoms in total. The monoisotopic (exact) mass is 313 g/mol. The van der Waals surface area contributed by atoms with Crippen molar-refractivity contribution in [2.45, 2.75) is 24.5 Å². The van der Waals surface area contributed by atoms with Gasteiger partial charge in [0, 0.05) is 26.1 Å². The molecule has 2 rings (SSSR count). The van der Waals surface area contributed by atoms with Crippen LogP contribution in [0.1, 0.15) is 6.42 Å². The van der Waals surface area contributed by atoms with Gasteiger partial charge in [-0.05, 0) is 14.1 Å². The van der Waals surface area contributed by atoms with E-state index < -0.39 is 24.9 Å². The summed E-state index contributed by atoms with van der Waals surface area (Å²) in [6.45, 7) is 1.73. The molecule has 2 saturated heterocycles. The molecule has 2 heterocycles. The minimum atomic E-state index is -2.77.